The Balaban J connectivity index is 0.00000132. The number of H-pyrrole nitrogens is 1. The van der Waals surface area contributed by atoms with E-state index in [4.69, 9.17) is 10.5 Å². The summed E-state index contributed by atoms with van der Waals surface area (Å²) in [6, 6.07) is 2.25. The van der Waals surface area contributed by atoms with E-state index in [0.29, 0.717) is 17.8 Å². The van der Waals surface area contributed by atoms with Crippen LogP contribution >= 0.6 is 12.4 Å². The minimum absolute atomic E-state index is 0. The van der Waals surface area contributed by atoms with Crippen LogP contribution in [0.3, 0.4) is 0 Å². The molecule has 4 rings (SSSR count). The molecule has 1 amide bonds. The zero-order valence-electron chi connectivity index (χ0n) is 11.3. The van der Waals surface area contributed by atoms with Crippen molar-refractivity contribution in [2.45, 2.75) is 25.0 Å². The van der Waals surface area contributed by atoms with E-state index in [0.717, 1.165) is 36.3 Å². The molecule has 0 aromatic carbocycles. The van der Waals surface area contributed by atoms with Gasteiger partial charge in [0.2, 0.25) is 5.91 Å². The van der Waals surface area contributed by atoms with Gasteiger partial charge in [0.05, 0.1) is 41.8 Å². The van der Waals surface area contributed by atoms with Crippen molar-refractivity contribution < 1.29 is 9.53 Å². The third-order valence-electron chi connectivity index (χ3n) is 4.01. The molecular formula is C13H16ClN5O2. The Morgan fingerprint density at radius 3 is 3.10 bits per heavy atom. The summed E-state index contributed by atoms with van der Waals surface area (Å²) < 4.78 is 5.61. The standard InChI is InChI=1S/C13H15N5O2.ClH/c14-12(19)2-7-1-11-10(4-15-7)13(17-16-11)18-5-9-3-8(18)6-20-9;/h1,4,8-9H,2-3,5-6H2,(H2,14,19)(H,16,17);1H. The second-order valence-corrected chi connectivity index (χ2v) is 5.41. The molecule has 2 aromatic heterocycles. The molecule has 8 heteroatoms. The largest absolute Gasteiger partial charge is 0.374 e. The number of fused-ring (bicyclic) bond motifs is 3. The van der Waals surface area contributed by atoms with Crippen LogP contribution in [0.5, 0.6) is 0 Å². The predicted molar refractivity (Wildman–Crippen MR) is 79.5 cm³/mol. The third kappa shape index (κ3) is 2.32. The summed E-state index contributed by atoms with van der Waals surface area (Å²) in [6.07, 6.45) is 3.31. The highest BCUT2D eigenvalue weighted by atomic mass is 35.5. The van der Waals surface area contributed by atoms with Gasteiger partial charge in [0, 0.05) is 12.7 Å². The molecule has 2 atom stereocenters. The Labute approximate surface area is 127 Å². The molecule has 2 bridgehead atoms. The van der Waals surface area contributed by atoms with Crippen molar-refractivity contribution in [2.75, 3.05) is 18.1 Å². The van der Waals surface area contributed by atoms with E-state index in [1.807, 2.05) is 6.07 Å². The van der Waals surface area contributed by atoms with Crippen LogP contribution in [0.15, 0.2) is 12.3 Å². The van der Waals surface area contributed by atoms with Gasteiger partial charge in [0.1, 0.15) is 0 Å². The molecule has 2 aliphatic heterocycles. The van der Waals surface area contributed by atoms with E-state index in [2.05, 4.69) is 20.1 Å². The second-order valence-electron chi connectivity index (χ2n) is 5.41. The lowest BCUT2D eigenvalue weighted by molar-refractivity contribution is -0.117. The molecule has 2 unspecified atom stereocenters. The van der Waals surface area contributed by atoms with Crippen LogP contribution < -0.4 is 10.6 Å². The molecule has 7 nitrogen and oxygen atoms in total. The van der Waals surface area contributed by atoms with Gasteiger partial charge in [-0.2, -0.15) is 5.10 Å². The lowest BCUT2D eigenvalue weighted by Gasteiger charge is -2.26. The molecule has 0 saturated carbocycles. The van der Waals surface area contributed by atoms with Crippen molar-refractivity contribution >= 4 is 35.0 Å². The van der Waals surface area contributed by atoms with Crippen LogP contribution in [-0.4, -0.2) is 46.4 Å². The van der Waals surface area contributed by atoms with Gasteiger partial charge in [-0.25, -0.2) is 0 Å². The van der Waals surface area contributed by atoms with Gasteiger partial charge in [0.15, 0.2) is 5.82 Å². The summed E-state index contributed by atoms with van der Waals surface area (Å²) >= 11 is 0. The number of ether oxygens (including phenoxy) is 1. The summed E-state index contributed by atoms with van der Waals surface area (Å²) in [7, 11) is 0. The van der Waals surface area contributed by atoms with E-state index in [-0.39, 0.29) is 24.7 Å². The zero-order valence-corrected chi connectivity index (χ0v) is 12.1. The number of pyridine rings is 1. The average molecular weight is 310 g/mol. The predicted octanol–water partition coefficient (Wildman–Crippen LogP) is 0.385. The Hall–Kier alpha value is -1.86. The number of nitrogens with two attached hydrogens (primary N) is 1. The molecular weight excluding hydrogens is 294 g/mol. The summed E-state index contributed by atoms with van der Waals surface area (Å²) in [5, 5.41) is 8.40. The van der Waals surface area contributed by atoms with Gasteiger partial charge in [0.25, 0.3) is 0 Å². The summed E-state index contributed by atoms with van der Waals surface area (Å²) in [5.41, 5.74) is 6.73. The van der Waals surface area contributed by atoms with Crippen LogP contribution in [0.4, 0.5) is 5.82 Å². The summed E-state index contributed by atoms with van der Waals surface area (Å²) in [4.78, 5) is 17.5. The highest BCUT2D eigenvalue weighted by molar-refractivity contribution is 5.90. The number of nitrogens with zero attached hydrogens (tertiary/aromatic N) is 3. The zero-order chi connectivity index (χ0) is 13.7. The van der Waals surface area contributed by atoms with Crippen molar-refractivity contribution in [1.82, 2.24) is 15.2 Å². The number of anilines is 1. The number of hydrogen-bond donors (Lipinski definition) is 2. The normalized spacial score (nSPS) is 23.5. The van der Waals surface area contributed by atoms with Crippen molar-refractivity contribution in [3.63, 3.8) is 0 Å². The highest BCUT2D eigenvalue weighted by Gasteiger charge is 2.40. The number of rotatable bonds is 3. The van der Waals surface area contributed by atoms with E-state index in [9.17, 15) is 4.79 Å². The molecule has 0 aliphatic carbocycles. The first kappa shape index (κ1) is 14.1. The van der Waals surface area contributed by atoms with Crippen LogP contribution in [0.1, 0.15) is 12.1 Å². The highest BCUT2D eigenvalue weighted by Crippen LogP contribution is 2.34. The summed E-state index contributed by atoms with van der Waals surface area (Å²) in [6.45, 7) is 1.65. The quantitative estimate of drug-likeness (QED) is 0.854. The van der Waals surface area contributed by atoms with Gasteiger partial charge < -0.3 is 15.4 Å². The van der Waals surface area contributed by atoms with Gasteiger partial charge in [-0.15, -0.1) is 12.4 Å². The van der Waals surface area contributed by atoms with Crippen molar-refractivity contribution in [1.29, 1.82) is 0 Å². The number of amides is 1. The van der Waals surface area contributed by atoms with Gasteiger partial charge in [-0.1, -0.05) is 0 Å². The van der Waals surface area contributed by atoms with Gasteiger partial charge in [-0.3, -0.25) is 14.9 Å². The average Bonchev–Trinajstić information content (AvgIpc) is 3.11. The van der Waals surface area contributed by atoms with Crippen LogP contribution in [0.25, 0.3) is 10.9 Å². The van der Waals surface area contributed by atoms with E-state index < -0.39 is 0 Å². The lowest BCUT2D eigenvalue weighted by Crippen LogP contribution is -2.37. The fourth-order valence-electron chi connectivity index (χ4n) is 3.10. The lowest BCUT2D eigenvalue weighted by atomic mass is 10.2. The molecule has 112 valence electrons. The smallest absolute Gasteiger partial charge is 0.223 e. The maximum atomic E-state index is 10.9. The van der Waals surface area contributed by atoms with Crippen molar-refractivity contribution in [2.24, 2.45) is 5.73 Å². The molecule has 21 heavy (non-hydrogen) atoms. The molecule has 2 fully saturated rings. The Bertz CT molecular complexity index is 688. The maximum Gasteiger partial charge on any atom is 0.223 e. The Kier molecular flexibility index (Phi) is 3.46. The first-order valence-electron chi connectivity index (χ1n) is 6.70. The second kappa shape index (κ2) is 5.16. The van der Waals surface area contributed by atoms with E-state index in [1.165, 1.54) is 0 Å². The number of primary amides is 1. The molecule has 2 aliphatic rings. The fraction of sp³-hybridized carbons (Fsp3) is 0.462. The van der Waals surface area contributed by atoms with Crippen molar-refractivity contribution in [3.05, 3.63) is 18.0 Å². The number of halogens is 1. The minimum atomic E-state index is -0.384. The van der Waals surface area contributed by atoms with Gasteiger partial charge in [-0.05, 0) is 12.5 Å². The fourth-order valence-corrected chi connectivity index (χ4v) is 3.10. The van der Waals surface area contributed by atoms with Crippen LogP contribution in [-0.2, 0) is 16.0 Å². The van der Waals surface area contributed by atoms with Crippen LogP contribution in [0.2, 0.25) is 0 Å². The van der Waals surface area contributed by atoms with E-state index >= 15 is 0 Å². The van der Waals surface area contributed by atoms with Crippen molar-refractivity contribution in [3.8, 4) is 0 Å². The number of carbonyl (C=O) groups excluding carboxylic acids is 1. The topological polar surface area (TPSA) is 97.1 Å². The molecule has 0 radical (unpaired) electrons. The summed E-state index contributed by atoms with van der Waals surface area (Å²) in [5.74, 6) is 0.541. The molecule has 2 saturated heterocycles. The number of morpholine rings is 1. The Morgan fingerprint density at radius 1 is 1.57 bits per heavy atom. The number of carbonyl (C=O) groups is 1. The Morgan fingerprint density at radius 2 is 2.43 bits per heavy atom. The first-order valence-corrected chi connectivity index (χ1v) is 6.70. The minimum Gasteiger partial charge on any atom is -0.374 e. The van der Waals surface area contributed by atoms with E-state index in [1.54, 1.807) is 6.20 Å². The first-order chi connectivity index (χ1) is 9.70. The monoisotopic (exact) mass is 309 g/mol. The third-order valence-corrected chi connectivity index (χ3v) is 4.01. The SMILES string of the molecule is Cl.NC(=O)Cc1cc2[nH]nc(N3CC4CC3CO4)c2cn1. The van der Waals surface area contributed by atoms with Crippen LogP contribution in [0, 0.1) is 0 Å². The number of nitrogens with one attached hydrogen (secondary N) is 1. The maximum absolute atomic E-state index is 10.9. The number of aromatic amines is 1. The van der Waals surface area contributed by atoms with Gasteiger partial charge >= 0.3 is 0 Å². The molecule has 4 heterocycles. The molecule has 2 aromatic rings. The molecule has 3 N–H and O–H groups in total. The molecule has 0 spiro atoms. The number of aromatic nitrogens is 3. The number of hydrogen-bond acceptors (Lipinski definition) is 5.